The molecule has 1 heterocycles. The number of rotatable bonds is 4. The lowest BCUT2D eigenvalue weighted by atomic mass is 9.74. The molecule has 1 amide bonds. The molecule has 2 rings (SSSR count). The van der Waals surface area contributed by atoms with Crippen molar-refractivity contribution in [3.63, 3.8) is 0 Å². The minimum Gasteiger partial charge on any atom is -0.481 e. The number of carboxylic acid groups (broad SMARTS) is 1. The van der Waals surface area contributed by atoms with Gasteiger partial charge in [-0.25, -0.2) is 0 Å². The van der Waals surface area contributed by atoms with Gasteiger partial charge in [0.15, 0.2) is 0 Å². The fraction of sp³-hybridized carbons (Fsp3) is 0.529. The topological polar surface area (TPSA) is 57.6 Å². The third-order valence-corrected chi connectivity index (χ3v) is 4.54. The van der Waals surface area contributed by atoms with Crippen LogP contribution in [0.2, 0.25) is 0 Å². The van der Waals surface area contributed by atoms with Crippen LogP contribution in [-0.2, 0) is 16.0 Å². The van der Waals surface area contributed by atoms with Crippen LogP contribution in [0.3, 0.4) is 0 Å². The minimum absolute atomic E-state index is 0.0171. The molecule has 1 aliphatic heterocycles. The van der Waals surface area contributed by atoms with Gasteiger partial charge in [0.05, 0.1) is 11.8 Å². The second-order valence-corrected chi connectivity index (χ2v) is 6.37. The van der Waals surface area contributed by atoms with Gasteiger partial charge >= 0.3 is 5.97 Å². The molecular weight excluding hydrogens is 266 g/mol. The molecule has 0 bridgehead atoms. The summed E-state index contributed by atoms with van der Waals surface area (Å²) in [6.45, 7) is 4.79. The lowest BCUT2D eigenvalue weighted by Gasteiger charge is -2.39. The van der Waals surface area contributed by atoms with Crippen LogP contribution >= 0.6 is 0 Å². The maximum atomic E-state index is 12.4. The van der Waals surface area contributed by atoms with Gasteiger partial charge in [0.25, 0.3) is 0 Å². The largest absolute Gasteiger partial charge is 0.481 e. The molecule has 1 N–H and O–H groups in total. The Morgan fingerprint density at radius 2 is 1.95 bits per heavy atom. The third-order valence-electron chi connectivity index (χ3n) is 4.54. The molecule has 0 aromatic heterocycles. The Kier molecular flexibility index (Phi) is 4.66. The standard InChI is InChI=1S/C17H23NO3/c1-17(2,16(20)21)14-9-6-10-18(12-14)15(19)11-13-7-4-3-5-8-13/h3-5,7-8,14H,6,9-12H2,1-2H3,(H,20,21). The van der Waals surface area contributed by atoms with Crippen LogP contribution in [0.25, 0.3) is 0 Å². The molecular formula is C17H23NO3. The second kappa shape index (κ2) is 6.29. The number of amides is 1. The van der Waals surface area contributed by atoms with Crippen LogP contribution in [0, 0.1) is 11.3 Å². The summed E-state index contributed by atoms with van der Waals surface area (Å²) in [5, 5.41) is 9.35. The average Bonchev–Trinajstić information content (AvgIpc) is 2.48. The van der Waals surface area contributed by atoms with E-state index >= 15 is 0 Å². The summed E-state index contributed by atoms with van der Waals surface area (Å²) in [5.41, 5.74) is 0.216. The predicted molar refractivity (Wildman–Crippen MR) is 80.9 cm³/mol. The zero-order chi connectivity index (χ0) is 15.5. The molecule has 4 heteroatoms. The number of aliphatic carboxylic acids is 1. The van der Waals surface area contributed by atoms with E-state index in [4.69, 9.17) is 0 Å². The summed E-state index contributed by atoms with van der Waals surface area (Å²) in [5.74, 6) is -0.680. The molecule has 4 nitrogen and oxygen atoms in total. The number of piperidine rings is 1. The van der Waals surface area contributed by atoms with E-state index in [1.165, 1.54) is 0 Å². The molecule has 0 saturated carbocycles. The van der Waals surface area contributed by atoms with Crippen molar-refractivity contribution in [2.45, 2.75) is 33.1 Å². The molecule has 21 heavy (non-hydrogen) atoms. The number of hydrogen-bond acceptors (Lipinski definition) is 2. The molecule has 1 saturated heterocycles. The molecule has 1 aromatic rings. The van der Waals surface area contributed by atoms with Crippen LogP contribution < -0.4 is 0 Å². The highest BCUT2D eigenvalue weighted by atomic mass is 16.4. The molecule has 114 valence electrons. The number of nitrogens with zero attached hydrogens (tertiary/aromatic N) is 1. The molecule has 0 aliphatic carbocycles. The van der Waals surface area contributed by atoms with Crippen LogP contribution in [-0.4, -0.2) is 35.0 Å². The number of carboxylic acids is 1. The van der Waals surface area contributed by atoms with Gasteiger partial charge in [-0.05, 0) is 38.2 Å². The predicted octanol–water partition coefficient (Wildman–Crippen LogP) is 2.58. The lowest BCUT2D eigenvalue weighted by Crippen LogP contribution is -2.47. The molecule has 1 fully saturated rings. The first-order chi connectivity index (χ1) is 9.91. The molecule has 0 radical (unpaired) electrons. The van der Waals surface area contributed by atoms with Crippen molar-refractivity contribution in [2.75, 3.05) is 13.1 Å². The first-order valence-electron chi connectivity index (χ1n) is 7.46. The Labute approximate surface area is 125 Å². The number of benzene rings is 1. The molecule has 1 unspecified atom stereocenters. The fourth-order valence-electron chi connectivity index (χ4n) is 2.85. The summed E-state index contributed by atoms with van der Waals surface area (Å²) in [6, 6.07) is 9.67. The van der Waals surface area contributed by atoms with Crippen molar-refractivity contribution in [1.29, 1.82) is 0 Å². The first kappa shape index (κ1) is 15.5. The Morgan fingerprint density at radius 1 is 1.29 bits per heavy atom. The van der Waals surface area contributed by atoms with Gasteiger partial charge in [0.2, 0.25) is 5.91 Å². The van der Waals surface area contributed by atoms with Gasteiger partial charge in [0.1, 0.15) is 0 Å². The van der Waals surface area contributed by atoms with E-state index in [-0.39, 0.29) is 11.8 Å². The fourth-order valence-corrected chi connectivity index (χ4v) is 2.85. The number of hydrogen-bond donors (Lipinski definition) is 1. The molecule has 1 aromatic carbocycles. The van der Waals surface area contributed by atoms with E-state index < -0.39 is 11.4 Å². The number of likely N-dealkylation sites (tertiary alicyclic amines) is 1. The second-order valence-electron chi connectivity index (χ2n) is 6.37. The normalized spacial score (nSPS) is 19.3. The van der Waals surface area contributed by atoms with E-state index in [2.05, 4.69) is 0 Å². The van der Waals surface area contributed by atoms with E-state index in [9.17, 15) is 14.7 Å². The van der Waals surface area contributed by atoms with Gasteiger partial charge in [-0.15, -0.1) is 0 Å². The zero-order valence-electron chi connectivity index (χ0n) is 12.7. The summed E-state index contributed by atoms with van der Waals surface area (Å²) in [4.78, 5) is 25.6. The molecule has 1 atom stereocenters. The first-order valence-corrected chi connectivity index (χ1v) is 7.46. The van der Waals surface area contributed by atoms with Crippen LogP contribution in [0.15, 0.2) is 30.3 Å². The number of carbonyl (C=O) groups is 2. The van der Waals surface area contributed by atoms with Crippen molar-refractivity contribution < 1.29 is 14.7 Å². The summed E-state index contributed by atoms with van der Waals surface area (Å²) in [6.07, 6.45) is 2.14. The maximum Gasteiger partial charge on any atom is 0.309 e. The van der Waals surface area contributed by atoms with Crippen molar-refractivity contribution in [3.8, 4) is 0 Å². The van der Waals surface area contributed by atoms with Crippen molar-refractivity contribution in [3.05, 3.63) is 35.9 Å². The Bertz CT molecular complexity index is 510. The highest BCUT2D eigenvalue weighted by Gasteiger charge is 2.39. The highest BCUT2D eigenvalue weighted by molar-refractivity contribution is 5.79. The summed E-state index contributed by atoms with van der Waals surface area (Å²) >= 11 is 0. The average molecular weight is 289 g/mol. The van der Waals surface area contributed by atoms with Crippen LogP contribution in [0.1, 0.15) is 32.3 Å². The Hall–Kier alpha value is -1.84. The van der Waals surface area contributed by atoms with E-state index in [1.54, 1.807) is 13.8 Å². The van der Waals surface area contributed by atoms with E-state index in [0.717, 1.165) is 24.9 Å². The van der Waals surface area contributed by atoms with Crippen molar-refractivity contribution in [2.24, 2.45) is 11.3 Å². The molecule has 0 spiro atoms. The van der Waals surface area contributed by atoms with Crippen molar-refractivity contribution >= 4 is 11.9 Å². The van der Waals surface area contributed by atoms with Crippen LogP contribution in [0.5, 0.6) is 0 Å². The monoisotopic (exact) mass is 289 g/mol. The lowest BCUT2D eigenvalue weighted by molar-refractivity contribution is -0.153. The minimum atomic E-state index is -0.787. The van der Waals surface area contributed by atoms with Crippen LogP contribution in [0.4, 0.5) is 0 Å². The quantitative estimate of drug-likeness (QED) is 0.927. The maximum absolute atomic E-state index is 12.4. The van der Waals surface area contributed by atoms with Gasteiger partial charge in [-0.1, -0.05) is 30.3 Å². The van der Waals surface area contributed by atoms with Gasteiger partial charge in [-0.2, -0.15) is 0 Å². The Morgan fingerprint density at radius 3 is 2.57 bits per heavy atom. The molecule has 1 aliphatic rings. The third kappa shape index (κ3) is 3.63. The van der Waals surface area contributed by atoms with E-state index in [0.29, 0.717) is 13.0 Å². The SMILES string of the molecule is CC(C)(C(=O)O)C1CCCN(C(=O)Cc2ccccc2)C1. The van der Waals surface area contributed by atoms with E-state index in [1.807, 2.05) is 35.2 Å². The number of carbonyl (C=O) groups excluding carboxylic acids is 1. The highest BCUT2D eigenvalue weighted by Crippen LogP contribution is 2.34. The summed E-state index contributed by atoms with van der Waals surface area (Å²) < 4.78 is 0. The van der Waals surface area contributed by atoms with Gasteiger partial charge < -0.3 is 10.0 Å². The van der Waals surface area contributed by atoms with Crippen molar-refractivity contribution in [1.82, 2.24) is 4.90 Å². The smallest absolute Gasteiger partial charge is 0.309 e. The zero-order valence-corrected chi connectivity index (χ0v) is 12.7. The van der Waals surface area contributed by atoms with Gasteiger partial charge in [-0.3, -0.25) is 9.59 Å². The Balaban J connectivity index is 2.01. The van der Waals surface area contributed by atoms with Gasteiger partial charge in [0, 0.05) is 13.1 Å². The summed E-state index contributed by atoms with van der Waals surface area (Å²) in [7, 11) is 0.